The van der Waals surface area contributed by atoms with Gasteiger partial charge >= 0.3 is 0 Å². The van der Waals surface area contributed by atoms with E-state index in [1.807, 2.05) is 12.1 Å². The van der Waals surface area contributed by atoms with Crippen LogP contribution < -0.4 is 10.1 Å². The molecule has 0 aliphatic heterocycles. The molecule has 0 saturated carbocycles. The molecule has 0 atom stereocenters. The summed E-state index contributed by atoms with van der Waals surface area (Å²) in [6.07, 6.45) is 2.84. The molecule has 0 aliphatic rings. The SMILES string of the molecule is CCCNCc1ccc(OCOC)cn1. The second-order valence-electron chi connectivity index (χ2n) is 3.21. The molecule has 4 nitrogen and oxygen atoms in total. The van der Waals surface area contributed by atoms with Gasteiger partial charge in [0.05, 0.1) is 11.9 Å². The minimum Gasteiger partial charge on any atom is -0.466 e. The Hall–Kier alpha value is -1.13. The van der Waals surface area contributed by atoms with E-state index in [2.05, 4.69) is 17.2 Å². The van der Waals surface area contributed by atoms with Crippen LogP contribution in [0.3, 0.4) is 0 Å². The molecule has 0 amide bonds. The molecule has 84 valence electrons. The van der Waals surface area contributed by atoms with Crippen LogP contribution in [0.1, 0.15) is 19.0 Å². The highest BCUT2D eigenvalue weighted by Crippen LogP contribution is 2.08. The van der Waals surface area contributed by atoms with Crippen LogP contribution in [0.4, 0.5) is 0 Å². The summed E-state index contributed by atoms with van der Waals surface area (Å²) in [5, 5.41) is 3.29. The van der Waals surface area contributed by atoms with E-state index in [1.54, 1.807) is 13.3 Å². The Balaban J connectivity index is 2.35. The molecule has 0 aromatic carbocycles. The zero-order valence-electron chi connectivity index (χ0n) is 9.32. The van der Waals surface area contributed by atoms with Crippen molar-refractivity contribution in [1.29, 1.82) is 0 Å². The lowest BCUT2D eigenvalue weighted by atomic mass is 10.3. The van der Waals surface area contributed by atoms with Crippen molar-refractivity contribution in [2.24, 2.45) is 0 Å². The summed E-state index contributed by atoms with van der Waals surface area (Å²) in [7, 11) is 1.59. The minimum atomic E-state index is 0.259. The molecule has 0 aliphatic carbocycles. The van der Waals surface area contributed by atoms with Gasteiger partial charge in [-0.3, -0.25) is 4.98 Å². The minimum absolute atomic E-state index is 0.259. The van der Waals surface area contributed by atoms with Gasteiger partial charge in [0.1, 0.15) is 5.75 Å². The van der Waals surface area contributed by atoms with Crippen LogP contribution in [-0.4, -0.2) is 25.4 Å². The Bertz CT molecular complexity index is 262. The predicted octanol–water partition coefficient (Wildman–Crippen LogP) is 1.56. The molecule has 0 bridgehead atoms. The lowest BCUT2D eigenvalue weighted by molar-refractivity contribution is 0.0508. The second kappa shape index (κ2) is 7.20. The van der Waals surface area contributed by atoms with E-state index < -0.39 is 0 Å². The normalized spacial score (nSPS) is 10.3. The van der Waals surface area contributed by atoms with Crippen LogP contribution in [0, 0.1) is 0 Å². The maximum absolute atomic E-state index is 5.23. The number of aromatic nitrogens is 1. The maximum atomic E-state index is 5.23. The molecular weight excluding hydrogens is 192 g/mol. The first kappa shape index (κ1) is 11.9. The van der Waals surface area contributed by atoms with Gasteiger partial charge in [0.15, 0.2) is 6.79 Å². The van der Waals surface area contributed by atoms with Gasteiger partial charge in [-0.25, -0.2) is 0 Å². The number of hydrogen-bond donors (Lipinski definition) is 1. The first-order valence-corrected chi connectivity index (χ1v) is 5.14. The standard InChI is InChI=1S/C11H18N2O2/c1-3-6-12-7-10-4-5-11(8-13-10)15-9-14-2/h4-5,8,12H,3,6-7,9H2,1-2H3. The fraction of sp³-hybridized carbons (Fsp3) is 0.545. The third kappa shape index (κ3) is 4.76. The summed E-state index contributed by atoms with van der Waals surface area (Å²) in [4.78, 5) is 4.26. The third-order valence-electron chi connectivity index (χ3n) is 1.87. The van der Waals surface area contributed by atoms with Gasteiger partial charge in [-0.2, -0.15) is 0 Å². The van der Waals surface area contributed by atoms with Crippen LogP contribution in [0.25, 0.3) is 0 Å². The van der Waals surface area contributed by atoms with Gasteiger partial charge < -0.3 is 14.8 Å². The van der Waals surface area contributed by atoms with Crippen molar-refractivity contribution in [3.05, 3.63) is 24.0 Å². The van der Waals surface area contributed by atoms with Crippen molar-refractivity contribution in [3.63, 3.8) is 0 Å². The van der Waals surface area contributed by atoms with Crippen LogP contribution in [-0.2, 0) is 11.3 Å². The number of nitrogens with one attached hydrogen (secondary N) is 1. The lowest BCUT2D eigenvalue weighted by Crippen LogP contribution is -2.14. The average molecular weight is 210 g/mol. The number of pyridine rings is 1. The summed E-state index contributed by atoms with van der Waals surface area (Å²) < 4.78 is 10.0. The first-order valence-electron chi connectivity index (χ1n) is 5.14. The van der Waals surface area contributed by atoms with Gasteiger partial charge in [-0.15, -0.1) is 0 Å². The van der Waals surface area contributed by atoms with Gasteiger partial charge in [0, 0.05) is 13.7 Å². The highest BCUT2D eigenvalue weighted by molar-refractivity contribution is 5.19. The van der Waals surface area contributed by atoms with E-state index in [4.69, 9.17) is 9.47 Å². The molecule has 1 aromatic heterocycles. The Morgan fingerprint density at radius 2 is 2.27 bits per heavy atom. The van der Waals surface area contributed by atoms with Crippen molar-refractivity contribution in [1.82, 2.24) is 10.3 Å². The number of hydrogen-bond acceptors (Lipinski definition) is 4. The third-order valence-corrected chi connectivity index (χ3v) is 1.87. The van der Waals surface area contributed by atoms with E-state index in [-0.39, 0.29) is 6.79 Å². The molecule has 15 heavy (non-hydrogen) atoms. The highest BCUT2D eigenvalue weighted by Gasteiger charge is 1.96. The van der Waals surface area contributed by atoms with Crippen LogP contribution in [0.2, 0.25) is 0 Å². The maximum Gasteiger partial charge on any atom is 0.188 e. The molecule has 1 heterocycles. The topological polar surface area (TPSA) is 43.4 Å². The van der Waals surface area contributed by atoms with Crippen LogP contribution in [0.5, 0.6) is 5.75 Å². The fourth-order valence-electron chi connectivity index (χ4n) is 1.12. The van der Waals surface area contributed by atoms with Crippen molar-refractivity contribution in [2.45, 2.75) is 19.9 Å². The quantitative estimate of drug-likeness (QED) is 0.548. The van der Waals surface area contributed by atoms with Crippen LogP contribution in [0.15, 0.2) is 18.3 Å². The molecule has 0 unspecified atom stereocenters. The van der Waals surface area contributed by atoms with Crippen molar-refractivity contribution in [3.8, 4) is 5.75 Å². The highest BCUT2D eigenvalue weighted by atomic mass is 16.7. The molecule has 0 fully saturated rings. The Morgan fingerprint density at radius 3 is 2.87 bits per heavy atom. The summed E-state index contributed by atoms with van der Waals surface area (Å²) in [6, 6.07) is 3.85. The predicted molar refractivity (Wildman–Crippen MR) is 58.7 cm³/mol. The molecular formula is C11H18N2O2. The number of methoxy groups -OCH3 is 1. The Kier molecular flexibility index (Phi) is 5.73. The molecule has 4 heteroatoms. The average Bonchev–Trinajstić information content (AvgIpc) is 2.28. The first-order chi connectivity index (χ1) is 7.36. The van der Waals surface area contributed by atoms with E-state index in [0.717, 1.165) is 31.0 Å². The molecule has 1 rings (SSSR count). The fourth-order valence-corrected chi connectivity index (χ4v) is 1.12. The Labute approximate surface area is 90.6 Å². The summed E-state index contributed by atoms with van der Waals surface area (Å²) in [5.41, 5.74) is 1.02. The number of ether oxygens (including phenoxy) is 2. The zero-order valence-corrected chi connectivity index (χ0v) is 9.32. The zero-order chi connectivity index (χ0) is 10.9. The van der Waals surface area contributed by atoms with Gasteiger partial charge in [-0.05, 0) is 25.1 Å². The molecule has 0 saturated heterocycles. The monoisotopic (exact) mass is 210 g/mol. The van der Waals surface area contributed by atoms with Crippen LogP contribution >= 0.6 is 0 Å². The largest absolute Gasteiger partial charge is 0.466 e. The molecule has 0 radical (unpaired) electrons. The van der Waals surface area contributed by atoms with Crippen molar-refractivity contribution >= 4 is 0 Å². The van der Waals surface area contributed by atoms with E-state index >= 15 is 0 Å². The van der Waals surface area contributed by atoms with Crippen molar-refractivity contribution < 1.29 is 9.47 Å². The summed E-state index contributed by atoms with van der Waals surface area (Å²) >= 11 is 0. The van der Waals surface area contributed by atoms with E-state index in [0.29, 0.717) is 0 Å². The summed E-state index contributed by atoms with van der Waals surface area (Å²) in [5.74, 6) is 0.732. The lowest BCUT2D eigenvalue weighted by Gasteiger charge is -2.05. The molecule has 0 spiro atoms. The number of nitrogens with zero attached hydrogens (tertiary/aromatic N) is 1. The summed E-state index contributed by atoms with van der Waals surface area (Å²) in [6.45, 7) is 4.22. The smallest absolute Gasteiger partial charge is 0.188 e. The van der Waals surface area contributed by atoms with Crippen molar-refractivity contribution in [2.75, 3.05) is 20.4 Å². The van der Waals surface area contributed by atoms with Gasteiger partial charge in [0.2, 0.25) is 0 Å². The molecule has 1 aromatic rings. The van der Waals surface area contributed by atoms with Gasteiger partial charge in [0.25, 0.3) is 0 Å². The van der Waals surface area contributed by atoms with E-state index in [1.165, 1.54) is 0 Å². The van der Waals surface area contributed by atoms with E-state index in [9.17, 15) is 0 Å². The Morgan fingerprint density at radius 1 is 1.40 bits per heavy atom. The molecule has 1 N–H and O–H groups in total. The number of rotatable bonds is 7. The second-order valence-corrected chi connectivity index (χ2v) is 3.21. The van der Waals surface area contributed by atoms with Gasteiger partial charge in [-0.1, -0.05) is 6.92 Å².